The van der Waals surface area contributed by atoms with Gasteiger partial charge in [-0.25, -0.2) is 16.8 Å². The zero-order chi connectivity index (χ0) is 15.7. The van der Waals surface area contributed by atoms with Crippen LogP contribution in [-0.2, 0) is 20.0 Å². The Morgan fingerprint density at radius 3 is 1.19 bits per heavy atom. The van der Waals surface area contributed by atoms with Gasteiger partial charge in [0.1, 0.15) is 0 Å². The fourth-order valence-corrected chi connectivity index (χ4v) is 8.88. The van der Waals surface area contributed by atoms with Crippen molar-refractivity contribution in [2.75, 3.05) is 26.2 Å². The quantitative estimate of drug-likeness (QED) is 0.592. The molecular weight excluding hydrogens is 448 g/mol. The summed E-state index contributed by atoms with van der Waals surface area (Å²) in [6.07, 6.45) is 5.00. The maximum Gasteiger partial charge on any atom is 0.308 e. The van der Waals surface area contributed by atoms with E-state index in [1.807, 2.05) is 0 Å². The molecule has 0 aromatic rings. The summed E-state index contributed by atoms with van der Waals surface area (Å²) >= 11 is 5.91. The van der Waals surface area contributed by atoms with Gasteiger partial charge in [0, 0.05) is 26.2 Å². The molecule has 2 aliphatic rings. The van der Waals surface area contributed by atoms with Crippen LogP contribution in [0.5, 0.6) is 0 Å². The summed E-state index contributed by atoms with van der Waals surface area (Å²) in [6.45, 7) is 1.49. The Balaban J connectivity index is 2.30. The molecule has 0 spiro atoms. The average Bonchev–Trinajstić information content (AvgIpc) is 2.48. The molecule has 2 rings (SSSR count). The zero-order valence-corrected chi connectivity index (χ0v) is 16.5. The number of nitrogens with zero attached hydrogens (tertiary/aromatic N) is 2. The highest BCUT2D eigenvalue weighted by atomic mass is 79.9. The molecule has 2 fully saturated rings. The van der Waals surface area contributed by atoms with Gasteiger partial charge in [0.15, 0.2) is 0 Å². The van der Waals surface area contributed by atoms with Crippen molar-refractivity contribution in [3.05, 3.63) is 0 Å². The highest BCUT2D eigenvalue weighted by Crippen LogP contribution is 2.43. The lowest BCUT2D eigenvalue weighted by Gasteiger charge is -2.35. The summed E-state index contributed by atoms with van der Waals surface area (Å²) in [5, 5.41) is 0. The molecule has 0 aromatic heterocycles. The molecule has 124 valence electrons. The number of piperidine rings is 2. The zero-order valence-electron chi connectivity index (χ0n) is 11.7. The van der Waals surface area contributed by atoms with Gasteiger partial charge in [-0.2, -0.15) is 8.61 Å². The van der Waals surface area contributed by atoms with E-state index in [2.05, 4.69) is 31.9 Å². The second kappa shape index (κ2) is 6.72. The first-order valence-electron chi connectivity index (χ1n) is 7.08. The lowest BCUT2D eigenvalue weighted by atomic mass is 10.2. The van der Waals surface area contributed by atoms with Gasteiger partial charge < -0.3 is 0 Å². The van der Waals surface area contributed by atoms with E-state index < -0.39 is 21.9 Å². The van der Waals surface area contributed by atoms with Gasteiger partial charge in [-0.05, 0) is 57.5 Å². The van der Waals surface area contributed by atoms with Gasteiger partial charge in [-0.3, -0.25) is 0 Å². The monoisotopic (exact) mass is 466 g/mol. The van der Waals surface area contributed by atoms with Gasteiger partial charge in [0.2, 0.25) is 0 Å². The Kier molecular flexibility index (Phi) is 5.80. The van der Waals surface area contributed by atoms with Crippen LogP contribution < -0.4 is 0 Å². The van der Waals surface area contributed by atoms with E-state index in [9.17, 15) is 16.8 Å². The summed E-state index contributed by atoms with van der Waals surface area (Å²) in [7, 11) is -8.06. The molecule has 2 saturated heterocycles. The predicted molar refractivity (Wildman–Crippen MR) is 89.3 cm³/mol. The van der Waals surface area contributed by atoms with E-state index in [4.69, 9.17) is 0 Å². The Bertz CT molecular complexity index is 515. The molecule has 0 aromatic carbocycles. The van der Waals surface area contributed by atoms with Crippen molar-refractivity contribution in [2.45, 2.75) is 40.4 Å². The Labute approximate surface area is 143 Å². The molecular formula is C11H20Br2N2O4S2. The van der Waals surface area contributed by atoms with Crippen molar-refractivity contribution >= 4 is 51.9 Å². The summed E-state index contributed by atoms with van der Waals surface area (Å²) in [6, 6.07) is 0. The number of hydrogen-bond acceptors (Lipinski definition) is 4. The minimum absolute atomic E-state index is 0.372. The van der Waals surface area contributed by atoms with Gasteiger partial charge in [0.25, 0.3) is 20.0 Å². The van der Waals surface area contributed by atoms with E-state index in [-0.39, 0.29) is 0 Å². The highest BCUT2D eigenvalue weighted by molar-refractivity contribution is 9.30. The molecule has 6 nitrogen and oxygen atoms in total. The molecule has 0 bridgehead atoms. The van der Waals surface area contributed by atoms with Crippen LogP contribution in [0.4, 0.5) is 0 Å². The first-order chi connectivity index (χ1) is 9.71. The summed E-state index contributed by atoms with van der Waals surface area (Å²) < 4.78 is 51.3. The molecule has 0 atom stereocenters. The van der Waals surface area contributed by atoms with E-state index in [0.29, 0.717) is 26.2 Å². The number of alkyl halides is 2. The van der Waals surface area contributed by atoms with E-state index >= 15 is 0 Å². The molecule has 2 aliphatic heterocycles. The SMILES string of the molecule is O=S(=O)(N1CCCCC1)C(Br)(Br)S(=O)(=O)N1CCCCC1. The maximum absolute atomic E-state index is 12.7. The van der Waals surface area contributed by atoms with Crippen molar-refractivity contribution in [3.63, 3.8) is 0 Å². The summed E-state index contributed by atoms with van der Waals surface area (Å²) in [5.41, 5.74) is 0. The fraction of sp³-hybridized carbons (Fsp3) is 1.00. The van der Waals surface area contributed by atoms with Gasteiger partial charge in [-0.1, -0.05) is 12.8 Å². The van der Waals surface area contributed by atoms with Crippen LogP contribution in [0.15, 0.2) is 0 Å². The molecule has 0 N–H and O–H groups in total. The topological polar surface area (TPSA) is 74.8 Å². The molecule has 0 saturated carbocycles. The molecule has 2 heterocycles. The standard InChI is InChI=1S/C11H20Br2N2O4S2/c12-11(13,20(16,17)14-7-3-1-4-8-14)21(18,19)15-9-5-2-6-10-15/h1-10H2. The van der Waals surface area contributed by atoms with Crippen molar-refractivity contribution in [3.8, 4) is 0 Å². The first-order valence-corrected chi connectivity index (χ1v) is 11.5. The Morgan fingerprint density at radius 1 is 0.619 bits per heavy atom. The minimum Gasteiger partial charge on any atom is -0.209 e. The third-order valence-electron chi connectivity index (χ3n) is 3.91. The molecule has 0 radical (unpaired) electrons. The van der Waals surface area contributed by atoms with Crippen LogP contribution in [-0.4, -0.2) is 53.5 Å². The van der Waals surface area contributed by atoms with Crippen LogP contribution in [0.25, 0.3) is 0 Å². The van der Waals surface area contributed by atoms with Crippen molar-refractivity contribution < 1.29 is 16.8 Å². The van der Waals surface area contributed by atoms with Crippen LogP contribution >= 0.6 is 31.9 Å². The number of hydrogen-bond donors (Lipinski definition) is 0. The summed E-state index contributed by atoms with van der Waals surface area (Å²) in [5.74, 6) is 0. The first kappa shape index (κ1) is 18.1. The van der Waals surface area contributed by atoms with Crippen LogP contribution in [0.3, 0.4) is 0 Å². The molecule has 0 unspecified atom stereocenters. The van der Waals surface area contributed by atoms with Gasteiger partial charge >= 0.3 is 1.90 Å². The minimum atomic E-state index is -4.03. The highest BCUT2D eigenvalue weighted by Gasteiger charge is 2.56. The Morgan fingerprint density at radius 2 is 0.905 bits per heavy atom. The normalized spacial score (nSPS) is 24.1. The number of halogens is 2. The Hall–Kier alpha value is 0.780. The lowest BCUT2D eigenvalue weighted by Crippen LogP contribution is -2.52. The van der Waals surface area contributed by atoms with Gasteiger partial charge in [-0.15, -0.1) is 0 Å². The van der Waals surface area contributed by atoms with Crippen molar-refractivity contribution in [1.82, 2.24) is 8.61 Å². The molecule has 21 heavy (non-hydrogen) atoms. The fourth-order valence-electron chi connectivity index (χ4n) is 2.64. The molecule has 10 heteroatoms. The summed E-state index contributed by atoms with van der Waals surface area (Å²) in [4.78, 5) is 0. The smallest absolute Gasteiger partial charge is 0.209 e. The molecule has 0 amide bonds. The van der Waals surface area contributed by atoms with Gasteiger partial charge in [0.05, 0.1) is 0 Å². The maximum atomic E-state index is 12.7. The second-order valence-corrected chi connectivity index (χ2v) is 15.4. The van der Waals surface area contributed by atoms with Crippen LogP contribution in [0.2, 0.25) is 0 Å². The third-order valence-corrected chi connectivity index (χ3v) is 13.4. The number of sulfonamides is 2. The van der Waals surface area contributed by atoms with Crippen LogP contribution in [0, 0.1) is 0 Å². The van der Waals surface area contributed by atoms with E-state index in [1.54, 1.807) is 0 Å². The second-order valence-electron chi connectivity index (χ2n) is 5.39. The largest absolute Gasteiger partial charge is 0.308 e. The van der Waals surface area contributed by atoms with Crippen LogP contribution in [0.1, 0.15) is 38.5 Å². The van der Waals surface area contributed by atoms with Crippen molar-refractivity contribution in [2.24, 2.45) is 0 Å². The number of rotatable bonds is 4. The van der Waals surface area contributed by atoms with Crippen molar-refractivity contribution in [1.29, 1.82) is 0 Å². The third kappa shape index (κ3) is 3.35. The average molecular weight is 468 g/mol. The molecule has 0 aliphatic carbocycles. The predicted octanol–water partition coefficient (Wildman–Crippen LogP) is 2.02. The lowest BCUT2D eigenvalue weighted by molar-refractivity contribution is 0.339. The van der Waals surface area contributed by atoms with E-state index in [1.165, 1.54) is 8.61 Å². The van der Waals surface area contributed by atoms with E-state index in [0.717, 1.165) is 38.5 Å².